The van der Waals surface area contributed by atoms with Crippen LogP contribution in [0.25, 0.3) is 11.1 Å². The molecule has 0 saturated heterocycles. The van der Waals surface area contributed by atoms with Crippen LogP contribution in [0.2, 0.25) is 0 Å². The SMILES string of the molecule is O=C(c1ccc(=O)n(Cc2ccccc2F)c1)c1ccc2ocnc2c1O. The molecule has 0 atom stereocenters. The van der Waals surface area contributed by atoms with Crippen molar-refractivity contribution in [1.82, 2.24) is 9.55 Å². The molecule has 0 radical (unpaired) electrons. The lowest BCUT2D eigenvalue weighted by Crippen LogP contribution is -2.21. The van der Waals surface area contributed by atoms with Crippen molar-refractivity contribution < 1.29 is 18.7 Å². The molecule has 2 aromatic carbocycles. The molecule has 0 spiro atoms. The smallest absolute Gasteiger partial charge is 0.250 e. The molecule has 4 aromatic rings. The third kappa shape index (κ3) is 2.99. The summed E-state index contributed by atoms with van der Waals surface area (Å²) in [5, 5.41) is 10.3. The van der Waals surface area contributed by atoms with Gasteiger partial charge >= 0.3 is 0 Å². The van der Waals surface area contributed by atoms with Crippen LogP contribution in [-0.4, -0.2) is 20.4 Å². The van der Waals surface area contributed by atoms with Gasteiger partial charge in [-0.3, -0.25) is 9.59 Å². The van der Waals surface area contributed by atoms with Gasteiger partial charge in [-0.25, -0.2) is 9.37 Å². The van der Waals surface area contributed by atoms with Crippen LogP contribution in [0.3, 0.4) is 0 Å². The molecule has 0 aliphatic carbocycles. The molecule has 4 rings (SSSR count). The lowest BCUT2D eigenvalue weighted by Gasteiger charge is -2.09. The number of hydrogen-bond donors (Lipinski definition) is 1. The van der Waals surface area contributed by atoms with Crippen LogP contribution in [-0.2, 0) is 6.54 Å². The number of aromatic hydroxyl groups is 1. The van der Waals surface area contributed by atoms with Gasteiger partial charge < -0.3 is 14.1 Å². The highest BCUT2D eigenvalue weighted by molar-refractivity contribution is 6.12. The molecule has 6 nitrogen and oxygen atoms in total. The minimum Gasteiger partial charge on any atom is -0.505 e. The molecule has 7 heteroatoms. The summed E-state index contributed by atoms with van der Waals surface area (Å²) in [6.07, 6.45) is 2.52. The van der Waals surface area contributed by atoms with Crippen LogP contribution < -0.4 is 5.56 Å². The number of ketones is 1. The Hall–Kier alpha value is -3.74. The van der Waals surface area contributed by atoms with Gasteiger partial charge in [-0.2, -0.15) is 0 Å². The predicted molar refractivity (Wildman–Crippen MR) is 95.3 cm³/mol. The number of halogens is 1. The molecule has 134 valence electrons. The fourth-order valence-electron chi connectivity index (χ4n) is 2.85. The van der Waals surface area contributed by atoms with Crippen molar-refractivity contribution in [3.05, 3.63) is 94.0 Å². The highest BCUT2D eigenvalue weighted by atomic mass is 19.1. The van der Waals surface area contributed by atoms with E-state index in [0.29, 0.717) is 11.1 Å². The van der Waals surface area contributed by atoms with Crippen molar-refractivity contribution in [3.8, 4) is 5.75 Å². The number of oxazole rings is 1. The summed E-state index contributed by atoms with van der Waals surface area (Å²) in [5.41, 5.74) is 0.715. The summed E-state index contributed by atoms with van der Waals surface area (Å²) in [5.74, 6) is -1.21. The Balaban J connectivity index is 1.73. The van der Waals surface area contributed by atoms with Gasteiger partial charge in [0.05, 0.1) is 12.1 Å². The Kier molecular flexibility index (Phi) is 4.04. The molecule has 0 fully saturated rings. The van der Waals surface area contributed by atoms with Crippen LogP contribution >= 0.6 is 0 Å². The quantitative estimate of drug-likeness (QED) is 0.563. The van der Waals surface area contributed by atoms with Crippen LogP contribution in [0, 0.1) is 5.82 Å². The maximum Gasteiger partial charge on any atom is 0.250 e. The minimum absolute atomic E-state index is 0.0130. The normalized spacial score (nSPS) is 11.0. The number of aromatic nitrogens is 2. The zero-order valence-electron chi connectivity index (χ0n) is 13.9. The highest BCUT2D eigenvalue weighted by Crippen LogP contribution is 2.29. The Bertz CT molecular complexity index is 1230. The Morgan fingerprint density at radius 3 is 2.78 bits per heavy atom. The number of nitrogens with zero attached hydrogens (tertiary/aromatic N) is 2. The van der Waals surface area contributed by atoms with Gasteiger partial charge in [0.15, 0.2) is 29.0 Å². The highest BCUT2D eigenvalue weighted by Gasteiger charge is 2.18. The van der Waals surface area contributed by atoms with Crippen molar-refractivity contribution in [1.29, 1.82) is 0 Å². The van der Waals surface area contributed by atoms with Crippen LogP contribution in [0.5, 0.6) is 5.75 Å². The second kappa shape index (κ2) is 6.53. The van der Waals surface area contributed by atoms with Crippen molar-refractivity contribution in [2.24, 2.45) is 0 Å². The summed E-state index contributed by atoms with van der Waals surface area (Å²) in [6.45, 7) is -0.0130. The van der Waals surface area contributed by atoms with E-state index in [-0.39, 0.29) is 34.5 Å². The van der Waals surface area contributed by atoms with E-state index in [1.54, 1.807) is 18.2 Å². The molecular formula is C20H13FN2O4. The fraction of sp³-hybridized carbons (Fsp3) is 0.0500. The van der Waals surface area contributed by atoms with Gasteiger partial charge in [0.25, 0.3) is 5.56 Å². The van der Waals surface area contributed by atoms with E-state index >= 15 is 0 Å². The average molecular weight is 364 g/mol. The maximum absolute atomic E-state index is 13.9. The van der Waals surface area contributed by atoms with Crippen molar-refractivity contribution >= 4 is 16.9 Å². The van der Waals surface area contributed by atoms with Gasteiger partial charge in [-0.05, 0) is 24.3 Å². The number of fused-ring (bicyclic) bond motifs is 1. The first-order valence-electron chi connectivity index (χ1n) is 8.08. The number of hydrogen-bond acceptors (Lipinski definition) is 5. The van der Waals surface area contributed by atoms with Crippen LogP contribution in [0.15, 0.2) is 70.3 Å². The summed E-state index contributed by atoms with van der Waals surface area (Å²) >= 11 is 0. The number of phenolic OH excluding ortho intramolecular Hbond substituents is 1. The number of benzene rings is 2. The Morgan fingerprint density at radius 2 is 1.96 bits per heavy atom. The minimum atomic E-state index is -0.486. The molecule has 0 aliphatic rings. The number of pyridine rings is 1. The summed E-state index contributed by atoms with van der Waals surface area (Å²) in [7, 11) is 0. The van der Waals surface area contributed by atoms with Gasteiger partial charge in [-0.15, -0.1) is 0 Å². The molecule has 0 saturated carbocycles. The van der Waals surface area contributed by atoms with E-state index < -0.39 is 11.6 Å². The van der Waals surface area contributed by atoms with E-state index in [1.165, 1.54) is 47.5 Å². The molecule has 27 heavy (non-hydrogen) atoms. The van der Waals surface area contributed by atoms with E-state index in [9.17, 15) is 19.1 Å². The third-order valence-corrected chi connectivity index (χ3v) is 4.26. The van der Waals surface area contributed by atoms with E-state index in [1.807, 2.05) is 0 Å². The second-order valence-electron chi connectivity index (χ2n) is 5.97. The molecule has 2 heterocycles. The number of rotatable bonds is 4. The second-order valence-corrected chi connectivity index (χ2v) is 5.97. The maximum atomic E-state index is 13.9. The first kappa shape index (κ1) is 16.7. The number of carbonyl (C=O) groups is 1. The number of carbonyl (C=O) groups excluding carboxylic acids is 1. The molecule has 0 bridgehead atoms. The topological polar surface area (TPSA) is 85.3 Å². The van der Waals surface area contributed by atoms with Crippen LogP contribution in [0.4, 0.5) is 4.39 Å². The van der Waals surface area contributed by atoms with Gasteiger partial charge in [0, 0.05) is 23.4 Å². The Labute approximate surface area is 152 Å². The van der Waals surface area contributed by atoms with Crippen molar-refractivity contribution in [3.63, 3.8) is 0 Å². The third-order valence-electron chi connectivity index (χ3n) is 4.26. The number of phenols is 1. The van der Waals surface area contributed by atoms with Crippen molar-refractivity contribution in [2.75, 3.05) is 0 Å². The fourth-order valence-corrected chi connectivity index (χ4v) is 2.85. The van der Waals surface area contributed by atoms with Crippen molar-refractivity contribution in [2.45, 2.75) is 6.54 Å². The Morgan fingerprint density at radius 1 is 1.15 bits per heavy atom. The average Bonchev–Trinajstić information content (AvgIpc) is 3.15. The van der Waals surface area contributed by atoms with E-state index in [4.69, 9.17) is 4.42 Å². The summed E-state index contributed by atoms with van der Waals surface area (Å²) in [4.78, 5) is 28.8. The molecule has 0 unspecified atom stereocenters. The lowest BCUT2D eigenvalue weighted by atomic mass is 10.0. The monoisotopic (exact) mass is 364 g/mol. The first-order valence-corrected chi connectivity index (χ1v) is 8.08. The molecular weight excluding hydrogens is 351 g/mol. The summed E-state index contributed by atoms with van der Waals surface area (Å²) in [6, 6.07) is 11.7. The standard InChI is InChI=1S/C20H13FN2O4/c21-15-4-2-1-3-12(15)9-23-10-13(5-8-17(23)24)19(25)14-6-7-16-18(20(14)26)22-11-27-16/h1-8,10-11,26H,9H2. The molecule has 0 amide bonds. The lowest BCUT2D eigenvalue weighted by molar-refractivity contribution is 0.103. The largest absolute Gasteiger partial charge is 0.505 e. The van der Waals surface area contributed by atoms with Gasteiger partial charge in [0.1, 0.15) is 5.82 Å². The molecule has 0 aliphatic heterocycles. The summed E-state index contributed by atoms with van der Waals surface area (Å²) < 4.78 is 20.2. The molecule has 2 aromatic heterocycles. The predicted octanol–water partition coefficient (Wildman–Crippen LogP) is 3.11. The van der Waals surface area contributed by atoms with Gasteiger partial charge in [-0.1, -0.05) is 18.2 Å². The zero-order valence-corrected chi connectivity index (χ0v) is 13.9. The van der Waals surface area contributed by atoms with Gasteiger partial charge in [0.2, 0.25) is 0 Å². The van der Waals surface area contributed by atoms with Crippen LogP contribution in [0.1, 0.15) is 21.5 Å². The molecule has 1 N–H and O–H groups in total. The van der Waals surface area contributed by atoms with E-state index in [2.05, 4.69) is 4.98 Å². The first-order chi connectivity index (χ1) is 13.0. The zero-order chi connectivity index (χ0) is 19.0. The van der Waals surface area contributed by atoms with E-state index in [0.717, 1.165) is 0 Å².